The van der Waals surface area contributed by atoms with Crippen molar-refractivity contribution >= 4 is 18.3 Å². The maximum Gasteiger partial charge on any atom is 0.451 e. The van der Waals surface area contributed by atoms with Gasteiger partial charge >= 0.3 is 6.18 Å². The molecule has 2 atom stereocenters. The summed E-state index contributed by atoms with van der Waals surface area (Å²) in [5.74, 6) is -0.363. The van der Waals surface area contributed by atoms with Gasteiger partial charge in [0, 0.05) is 31.6 Å². The quantitative estimate of drug-likeness (QED) is 0.853. The number of rotatable bonds is 2. The van der Waals surface area contributed by atoms with Crippen molar-refractivity contribution < 1.29 is 18.0 Å². The highest BCUT2D eigenvalue weighted by molar-refractivity contribution is 5.85. The summed E-state index contributed by atoms with van der Waals surface area (Å²) in [5.41, 5.74) is 0. The molecule has 0 spiro atoms. The van der Waals surface area contributed by atoms with E-state index in [0.717, 1.165) is 17.4 Å². The van der Waals surface area contributed by atoms with Crippen LogP contribution >= 0.6 is 12.4 Å². The molecule has 0 saturated carbocycles. The number of nitrogens with one attached hydrogen (secondary N) is 1. The molecule has 2 fully saturated rings. The third-order valence-corrected chi connectivity index (χ3v) is 5.39. The summed E-state index contributed by atoms with van der Waals surface area (Å²) >= 11 is 0. The van der Waals surface area contributed by atoms with Crippen molar-refractivity contribution in [2.45, 2.75) is 63.5 Å². The van der Waals surface area contributed by atoms with Gasteiger partial charge in [-0.25, -0.2) is 0 Å². The van der Waals surface area contributed by atoms with Crippen LogP contribution in [0, 0.1) is 5.92 Å². The highest BCUT2D eigenvalue weighted by Gasteiger charge is 2.40. The van der Waals surface area contributed by atoms with E-state index in [4.69, 9.17) is 0 Å². The van der Waals surface area contributed by atoms with Crippen LogP contribution in [0.25, 0.3) is 0 Å². The number of hydrogen-bond donors (Lipinski definition) is 1. The number of piperidine rings is 1. The summed E-state index contributed by atoms with van der Waals surface area (Å²) in [6, 6.07) is 1.06. The van der Waals surface area contributed by atoms with Crippen molar-refractivity contribution in [3.05, 3.63) is 11.6 Å². The molecule has 2 unspecified atom stereocenters. The normalized spacial score (nSPS) is 28.4. The number of carbonyl (C=O) groups is 1. The summed E-state index contributed by atoms with van der Waals surface area (Å²) in [7, 11) is 0. The monoisotopic (exact) mass is 379 g/mol. The van der Waals surface area contributed by atoms with E-state index >= 15 is 0 Å². The van der Waals surface area contributed by atoms with Crippen molar-refractivity contribution in [3.63, 3.8) is 0 Å². The molecule has 140 valence electrons. The van der Waals surface area contributed by atoms with E-state index in [2.05, 4.69) is 15.5 Å². The van der Waals surface area contributed by atoms with Gasteiger partial charge < -0.3 is 14.8 Å². The molecule has 0 radical (unpaired) electrons. The summed E-state index contributed by atoms with van der Waals surface area (Å²) in [4.78, 5) is 14.2. The third kappa shape index (κ3) is 3.62. The fourth-order valence-corrected chi connectivity index (χ4v) is 4.30. The number of amides is 1. The lowest BCUT2D eigenvalue weighted by Gasteiger charge is -2.32. The average Bonchev–Trinajstić information content (AvgIpc) is 3.09. The second kappa shape index (κ2) is 6.75. The Balaban J connectivity index is 0.00000182. The Morgan fingerprint density at radius 2 is 1.84 bits per heavy atom. The molecule has 25 heavy (non-hydrogen) atoms. The maximum absolute atomic E-state index is 12.8. The van der Waals surface area contributed by atoms with Gasteiger partial charge in [0.25, 0.3) is 0 Å². The zero-order valence-electron chi connectivity index (χ0n) is 13.6. The first-order valence-electron chi connectivity index (χ1n) is 8.43. The molecule has 1 amide bonds. The van der Waals surface area contributed by atoms with E-state index in [1.54, 1.807) is 4.90 Å². The van der Waals surface area contributed by atoms with Gasteiger partial charge in [0.15, 0.2) is 5.82 Å². The van der Waals surface area contributed by atoms with Gasteiger partial charge in [-0.3, -0.25) is 4.79 Å². The lowest BCUT2D eigenvalue weighted by atomic mass is 9.89. The highest BCUT2D eigenvalue weighted by Crippen LogP contribution is 2.33. The predicted octanol–water partition coefficient (Wildman–Crippen LogP) is 1.98. The SMILES string of the molecule is Cl.O=C(CC1CC2CCC(C1)N2)N1CCn2c(nnc2C(F)(F)F)C1. The van der Waals surface area contributed by atoms with Crippen LogP contribution in [-0.4, -0.2) is 44.2 Å². The second-order valence-corrected chi connectivity index (χ2v) is 7.08. The summed E-state index contributed by atoms with van der Waals surface area (Å²) in [6.45, 7) is 0.491. The number of carbonyl (C=O) groups excluding carboxylic acids is 1. The third-order valence-electron chi connectivity index (χ3n) is 5.39. The van der Waals surface area contributed by atoms with E-state index in [1.165, 1.54) is 12.8 Å². The maximum atomic E-state index is 12.8. The zero-order chi connectivity index (χ0) is 16.9. The van der Waals surface area contributed by atoms with E-state index in [0.29, 0.717) is 24.4 Å². The van der Waals surface area contributed by atoms with Gasteiger partial charge in [-0.1, -0.05) is 0 Å². The van der Waals surface area contributed by atoms with Crippen LogP contribution in [0.15, 0.2) is 0 Å². The molecule has 3 aliphatic heterocycles. The van der Waals surface area contributed by atoms with Crippen LogP contribution in [0.4, 0.5) is 13.2 Å². The van der Waals surface area contributed by atoms with E-state index in [9.17, 15) is 18.0 Å². The first-order valence-corrected chi connectivity index (χ1v) is 8.43. The molecule has 0 aromatic carbocycles. The minimum Gasteiger partial charge on any atom is -0.333 e. The molecule has 3 aliphatic rings. The fourth-order valence-electron chi connectivity index (χ4n) is 4.30. The standard InChI is InChI=1S/C15H20F3N5O.ClH/c16-15(17,18)14-21-20-12-8-22(3-4-23(12)14)13(24)7-9-5-10-1-2-11(6-9)19-10;/h9-11,19H,1-8H2;1H. The number of halogens is 4. The Morgan fingerprint density at radius 1 is 1.16 bits per heavy atom. The molecule has 10 heteroatoms. The predicted molar refractivity (Wildman–Crippen MR) is 85.0 cm³/mol. The number of hydrogen-bond acceptors (Lipinski definition) is 4. The zero-order valence-corrected chi connectivity index (χ0v) is 14.4. The van der Waals surface area contributed by atoms with Gasteiger partial charge in [0.1, 0.15) is 0 Å². The number of aromatic nitrogens is 3. The topological polar surface area (TPSA) is 63.1 Å². The molecular weight excluding hydrogens is 359 g/mol. The molecule has 2 bridgehead atoms. The van der Waals surface area contributed by atoms with Gasteiger partial charge in [-0.2, -0.15) is 13.2 Å². The van der Waals surface area contributed by atoms with E-state index in [-0.39, 0.29) is 43.8 Å². The minimum absolute atomic E-state index is 0. The Bertz CT molecular complexity index is 638. The van der Waals surface area contributed by atoms with Crippen LogP contribution in [0.3, 0.4) is 0 Å². The minimum atomic E-state index is -4.51. The Hall–Kier alpha value is -1.35. The summed E-state index contributed by atoms with van der Waals surface area (Å²) in [5, 5.41) is 10.4. The molecule has 2 saturated heterocycles. The summed E-state index contributed by atoms with van der Waals surface area (Å²) in [6.07, 6.45) is 0.376. The number of alkyl halides is 3. The Labute approximate surface area is 149 Å². The van der Waals surface area contributed by atoms with Crippen molar-refractivity contribution in [2.75, 3.05) is 6.54 Å². The van der Waals surface area contributed by atoms with Gasteiger partial charge in [-0.05, 0) is 31.6 Å². The van der Waals surface area contributed by atoms with Crippen molar-refractivity contribution in [2.24, 2.45) is 5.92 Å². The molecule has 1 aromatic rings. The van der Waals surface area contributed by atoms with Crippen LogP contribution in [0.5, 0.6) is 0 Å². The lowest BCUT2D eigenvalue weighted by Crippen LogP contribution is -2.42. The first kappa shape index (κ1) is 18.4. The molecular formula is C15H21ClF3N5O. The smallest absolute Gasteiger partial charge is 0.333 e. The molecule has 4 heterocycles. The van der Waals surface area contributed by atoms with E-state index in [1.807, 2.05) is 0 Å². The molecule has 1 N–H and O–H groups in total. The van der Waals surface area contributed by atoms with Gasteiger partial charge in [0.05, 0.1) is 6.54 Å². The highest BCUT2D eigenvalue weighted by atomic mass is 35.5. The fraction of sp³-hybridized carbons (Fsp3) is 0.800. The molecule has 6 nitrogen and oxygen atoms in total. The van der Waals surface area contributed by atoms with Crippen LogP contribution in [-0.2, 0) is 24.1 Å². The van der Waals surface area contributed by atoms with E-state index < -0.39 is 12.0 Å². The van der Waals surface area contributed by atoms with Crippen LogP contribution < -0.4 is 5.32 Å². The van der Waals surface area contributed by atoms with Crippen molar-refractivity contribution in [1.82, 2.24) is 25.0 Å². The largest absolute Gasteiger partial charge is 0.451 e. The second-order valence-electron chi connectivity index (χ2n) is 7.08. The van der Waals surface area contributed by atoms with Crippen molar-refractivity contribution in [1.29, 1.82) is 0 Å². The Kier molecular flexibility index (Phi) is 4.98. The number of fused-ring (bicyclic) bond motifs is 3. The first-order chi connectivity index (χ1) is 11.4. The molecule has 1 aromatic heterocycles. The lowest BCUT2D eigenvalue weighted by molar-refractivity contribution is -0.148. The molecule has 0 aliphatic carbocycles. The van der Waals surface area contributed by atoms with Gasteiger partial charge in [0.2, 0.25) is 11.7 Å². The van der Waals surface area contributed by atoms with Gasteiger partial charge in [-0.15, -0.1) is 22.6 Å². The average molecular weight is 380 g/mol. The number of nitrogens with zero attached hydrogens (tertiary/aromatic N) is 4. The van der Waals surface area contributed by atoms with Crippen molar-refractivity contribution in [3.8, 4) is 0 Å². The Morgan fingerprint density at radius 3 is 2.48 bits per heavy atom. The summed E-state index contributed by atoms with van der Waals surface area (Å²) < 4.78 is 39.6. The molecule has 4 rings (SSSR count). The van der Waals surface area contributed by atoms with Crippen LogP contribution in [0.2, 0.25) is 0 Å². The van der Waals surface area contributed by atoms with Crippen LogP contribution in [0.1, 0.15) is 43.8 Å².